The van der Waals surface area contributed by atoms with Crippen LogP contribution in [0.1, 0.15) is 30.0 Å². The van der Waals surface area contributed by atoms with Gasteiger partial charge in [-0.1, -0.05) is 25.1 Å². The summed E-state index contributed by atoms with van der Waals surface area (Å²) in [5.41, 5.74) is 4.98. The van der Waals surface area contributed by atoms with Crippen molar-refractivity contribution >= 4 is 17.4 Å². The summed E-state index contributed by atoms with van der Waals surface area (Å²) in [6.07, 6.45) is 0.880. The number of hydrogen-bond donors (Lipinski definition) is 1. The Morgan fingerprint density at radius 3 is 2.62 bits per heavy atom. The Hall–Kier alpha value is -2.49. The lowest BCUT2D eigenvalue weighted by Crippen LogP contribution is -2.45. The van der Waals surface area contributed by atoms with Crippen LogP contribution in [0, 0.1) is 20.8 Å². The highest BCUT2D eigenvalue weighted by Crippen LogP contribution is 2.35. The summed E-state index contributed by atoms with van der Waals surface area (Å²) in [7, 11) is 0. The van der Waals surface area contributed by atoms with E-state index in [1.165, 1.54) is 0 Å². The van der Waals surface area contributed by atoms with E-state index in [4.69, 9.17) is 4.74 Å². The Bertz CT molecular complexity index is 770. The fourth-order valence-electron chi connectivity index (χ4n) is 2.91. The number of rotatable bonds is 2. The Morgan fingerprint density at radius 1 is 1.17 bits per heavy atom. The molecule has 2 amide bonds. The molecule has 1 aliphatic rings. The number of carbonyl (C=O) groups excluding carboxylic acids is 1. The molecule has 0 aromatic heterocycles. The molecular weight excluding hydrogens is 300 g/mol. The van der Waals surface area contributed by atoms with Crippen molar-refractivity contribution in [2.45, 2.75) is 40.2 Å². The molecule has 0 aliphatic carbocycles. The van der Waals surface area contributed by atoms with E-state index < -0.39 is 0 Å². The van der Waals surface area contributed by atoms with Crippen LogP contribution >= 0.6 is 0 Å². The molecule has 4 heteroatoms. The number of hydrogen-bond acceptors (Lipinski definition) is 2. The first-order chi connectivity index (χ1) is 11.5. The highest BCUT2D eigenvalue weighted by molar-refractivity contribution is 6.03. The van der Waals surface area contributed by atoms with Gasteiger partial charge in [0.15, 0.2) is 0 Å². The van der Waals surface area contributed by atoms with Crippen LogP contribution in [0.4, 0.5) is 16.2 Å². The normalized spacial score (nSPS) is 16.3. The molecule has 0 fully saturated rings. The minimum absolute atomic E-state index is 0.0181. The van der Waals surface area contributed by atoms with Crippen molar-refractivity contribution < 1.29 is 9.53 Å². The van der Waals surface area contributed by atoms with Crippen molar-refractivity contribution in [2.24, 2.45) is 0 Å². The molecule has 0 saturated carbocycles. The molecule has 1 N–H and O–H groups in total. The van der Waals surface area contributed by atoms with Crippen LogP contribution in [0.2, 0.25) is 0 Å². The van der Waals surface area contributed by atoms with Gasteiger partial charge in [-0.25, -0.2) is 4.79 Å². The zero-order valence-electron chi connectivity index (χ0n) is 14.7. The molecule has 0 radical (unpaired) electrons. The maximum atomic E-state index is 12.9. The topological polar surface area (TPSA) is 41.6 Å². The predicted molar refractivity (Wildman–Crippen MR) is 98.2 cm³/mol. The van der Waals surface area contributed by atoms with Gasteiger partial charge in [-0.15, -0.1) is 0 Å². The zero-order valence-corrected chi connectivity index (χ0v) is 14.7. The molecule has 2 aromatic carbocycles. The molecule has 1 aliphatic heterocycles. The van der Waals surface area contributed by atoms with E-state index in [0.717, 1.165) is 40.2 Å². The van der Waals surface area contributed by atoms with E-state index in [1.807, 2.05) is 57.2 Å². The molecular formula is C20H24N2O2. The lowest BCUT2D eigenvalue weighted by molar-refractivity contribution is 0.188. The Kier molecular flexibility index (Phi) is 4.47. The van der Waals surface area contributed by atoms with Crippen LogP contribution in [0.3, 0.4) is 0 Å². The lowest BCUT2D eigenvalue weighted by atomic mass is 10.1. The van der Waals surface area contributed by atoms with Crippen LogP contribution in [-0.2, 0) is 0 Å². The molecule has 2 aromatic rings. The standard InChI is InChI=1S/C20H24N2O2/c1-5-16-12-22(18-11-14(3)7-9-19(18)24-16)20(23)21-17-10-13(2)6-8-15(17)4/h6-11,16H,5,12H2,1-4H3,(H,21,23)/t16-/m1/s1. The lowest BCUT2D eigenvalue weighted by Gasteiger charge is -2.35. The van der Waals surface area contributed by atoms with Crippen LogP contribution in [0.25, 0.3) is 0 Å². The molecule has 3 rings (SSSR count). The quantitative estimate of drug-likeness (QED) is 0.860. The Morgan fingerprint density at radius 2 is 1.88 bits per heavy atom. The van der Waals surface area contributed by atoms with Gasteiger partial charge in [0.05, 0.1) is 12.2 Å². The van der Waals surface area contributed by atoms with Crippen LogP contribution in [0.5, 0.6) is 5.75 Å². The second-order valence-corrected chi connectivity index (χ2v) is 6.48. The van der Waals surface area contributed by atoms with Crippen LogP contribution in [-0.4, -0.2) is 18.7 Å². The number of carbonyl (C=O) groups is 1. The average molecular weight is 324 g/mol. The Labute approximate surface area is 143 Å². The zero-order chi connectivity index (χ0) is 17.3. The predicted octanol–water partition coefficient (Wildman–Crippen LogP) is 4.82. The van der Waals surface area contributed by atoms with Crippen molar-refractivity contribution in [3.8, 4) is 5.75 Å². The molecule has 0 saturated heterocycles. The summed E-state index contributed by atoms with van der Waals surface area (Å²) in [6.45, 7) is 8.68. The first-order valence-electron chi connectivity index (χ1n) is 8.41. The van der Waals surface area contributed by atoms with Crippen molar-refractivity contribution in [2.75, 3.05) is 16.8 Å². The smallest absolute Gasteiger partial charge is 0.326 e. The summed E-state index contributed by atoms with van der Waals surface area (Å²) in [5.74, 6) is 0.773. The number of anilines is 2. The third kappa shape index (κ3) is 3.23. The minimum Gasteiger partial charge on any atom is -0.486 e. The number of urea groups is 1. The maximum absolute atomic E-state index is 12.9. The summed E-state index contributed by atoms with van der Waals surface area (Å²) >= 11 is 0. The van der Waals surface area contributed by atoms with Crippen LogP contribution in [0.15, 0.2) is 36.4 Å². The molecule has 1 atom stereocenters. The van der Waals surface area contributed by atoms with Crippen LogP contribution < -0.4 is 15.0 Å². The van der Waals surface area contributed by atoms with Gasteiger partial charge in [0, 0.05) is 5.69 Å². The largest absolute Gasteiger partial charge is 0.486 e. The highest BCUT2D eigenvalue weighted by Gasteiger charge is 2.29. The molecule has 0 bridgehead atoms. The van der Waals surface area contributed by atoms with Crippen molar-refractivity contribution in [1.82, 2.24) is 0 Å². The molecule has 126 valence electrons. The molecule has 4 nitrogen and oxygen atoms in total. The van der Waals surface area contributed by atoms with Crippen molar-refractivity contribution in [3.63, 3.8) is 0 Å². The van der Waals surface area contributed by atoms with Crippen molar-refractivity contribution in [1.29, 1.82) is 0 Å². The maximum Gasteiger partial charge on any atom is 0.326 e. The summed E-state index contributed by atoms with van der Waals surface area (Å²) in [5, 5.41) is 3.06. The average Bonchev–Trinajstić information content (AvgIpc) is 2.57. The molecule has 0 spiro atoms. The summed E-state index contributed by atoms with van der Waals surface area (Å²) in [6, 6.07) is 11.9. The number of benzene rings is 2. The van der Waals surface area contributed by atoms with E-state index in [2.05, 4.69) is 12.2 Å². The second-order valence-electron chi connectivity index (χ2n) is 6.48. The molecule has 24 heavy (non-hydrogen) atoms. The second kappa shape index (κ2) is 6.56. The minimum atomic E-state index is -0.114. The van der Waals surface area contributed by atoms with Gasteiger partial charge in [0.1, 0.15) is 11.9 Å². The summed E-state index contributed by atoms with van der Waals surface area (Å²) in [4.78, 5) is 14.7. The monoisotopic (exact) mass is 324 g/mol. The van der Waals surface area contributed by atoms with Gasteiger partial charge in [0.2, 0.25) is 0 Å². The van der Waals surface area contributed by atoms with Crippen molar-refractivity contribution in [3.05, 3.63) is 53.1 Å². The van der Waals surface area contributed by atoms with E-state index in [-0.39, 0.29) is 12.1 Å². The third-order valence-electron chi connectivity index (χ3n) is 4.42. The first-order valence-corrected chi connectivity index (χ1v) is 8.41. The van der Waals surface area contributed by atoms with E-state index >= 15 is 0 Å². The molecule has 1 heterocycles. The number of amides is 2. The number of ether oxygens (including phenoxy) is 1. The van der Waals surface area contributed by atoms with E-state index in [1.54, 1.807) is 4.90 Å². The number of nitrogens with one attached hydrogen (secondary N) is 1. The highest BCUT2D eigenvalue weighted by atomic mass is 16.5. The van der Waals surface area contributed by atoms with Gasteiger partial charge >= 0.3 is 6.03 Å². The third-order valence-corrected chi connectivity index (χ3v) is 4.42. The van der Waals surface area contributed by atoms with Gasteiger partial charge in [0.25, 0.3) is 0 Å². The van der Waals surface area contributed by atoms with E-state index in [0.29, 0.717) is 6.54 Å². The number of aryl methyl sites for hydroxylation is 3. The van der Waals surface area contributed by atoms with Gasteiger partial charge < -0.3 is 10.1 Å². The number of fused-ring (bicyclic) bond motifs is 1. The Balaban J connectivity index is 1.91. The van der Waals surface area contributed by atoms with Gasteiger partial charge in [-0.3, -0.25) is 4.90 Å². The summed E-state index contributed by atoms with van der Waals surface area (Å²) < 4.78 is 5.99. The first kappa shape index (κ1) is 16.4. The van der Waals surface area contributed by atoms with Gasteiger partial charge in [-0.05, 0) is 62.1 Å². The fourth-order valence-corrected chi connectivity index (χ4v) is 2.91. The SMILES string of the molecule is CC[C@@H]1CN(C(=O)Nc2cc(C)ccc2C)c2cc(C)ccc2O1. The fraction of sp³-hybridized carbons (Fsp3) is 0.350. The van der Waals surface area contributed by atoms with E-state index in [9.17, 15) is 4.79 Å². The number of nitrogens with zero attached hydrogens (tertiary/aromatic N) is 1. The molecule has 0 unspecified atom stereocenters. The van der Waals surface area contributed by atoms with Gasteiger partial charge in [-0.2, -0.15) is 0 Å².